The van der Waals surface area contributed by atoms with E-state index in [1.807, 2.05) is 26.0 Å². The van der Waals surface area contributed by atoms with Gasteiger partial charge < -0.3 is 15.4 Å². The number of benzene rings is 1. The summed E-state index contributed by atoms with van der Waals surface area (Å²) in [7, 11) is 0. The smallest absolute Gasteiger partial charge is 0.258 e. The highest BCUT2D eigenvalue weighted by Gasteiger charge is 2.15. The molecular weight excluding hydrogens is 256 g/mol. The van der Waals surface area contributed by atoms with Crippen LogP contribution in [0, 0.1) is 0 Å². The molecule has 2 amide bonds. The van der Waals surface area contributed by atoms with Crippen molar-refractivity contribution in [3.05, 3.63) is 23.8 Å². The molecule has 1 atom stereocenters. The lowest BCUT2D eigenvalue weighted by Gasteiger charge is -2.18. The van der Waals surface area contributed by atoms with E-state index in [2.05, 4.69) is 10.6 Å². The van der Waals surface area contributed by atoms with Gasteiger partial charge in [-0.15, -0.1) is 0 Å². The second-order valence-corrected chi connectivity index (χ2v) is 5.03. The van der Waals surface area contributed by atoms with Crippen molar-refractivity contribution in [2.45, 2.75) is 39.2 Å². The Bertz CT molecular complexity index is 514. The van der Waals surface area contributed by atoms with Crippen LogP contribution in [0.5, 0.6) is 5.75 Å². The number of fused-ring (bicyclic) bond motifs is 1. The van der Waals surface area contributed by atoms with E-state index >= 15 is 0 Å². The molecule has 0 radical (unpaired) electrons. The summed E-state index contributed by atoms with van der Waals surface area (Å²) in [6.45, 7) is 3.98. The average Bonchev–Trinajstić information content (AvgIpc) is 2.44. The summed E-state index contributed by atoms with van der Waals surface area (Å²) in [5.41, 5.74) is 1.88. The Morgan fingerprint density at radius 1 is 1.45 bits per heavy atom. The lowest BCUT2D eigenvalue weighted by molar-refractivity contribution is -0.123. The third kappa shape index (κ3) is 3.73. The molecule has 1 aromatic rings. The van der Waals surface area contributed by atoms with Crippen LogP contribution >= 0.6 is 0 Å². The second kappa shape index (κ2) is 6.41. The SMILES string of the molecule is CCC(C)NC(=O)COc1ccc2c(c1)CCC(=O)N2. The molecule has 0 aliphatic carbocycles. The van der Waals surface area contributed by atoms with Gasteiger partial charge in [0.2, 0.25) is 5.91 Å². The second-order valence-electron chi connectivity index (χ2n) is 5.03. The number of amides is 2. The van der Waals surface area contributed by atoms with Gasteiger partial charge in [-0.25, -0.2) is 0 Å². The quantitative estimate of drug-likeness (QED) is 0.862. The molecule has 0 bridgehead atoms. The van der Waals surface area contributed by atoms with Crippen molar-refractivity contribution in [1.29, 1.82) is 0 Å². The average molecular weight is 276 g/mol. The number of aryl methyl sites for hydroxylation is 1. The number of hydrogen-bond donors (Lipinski definition) is 2. The standard InChI is InChI=1S/C15H20N2O3/c1-3-10(2)16-15(19)9-20-12-5-6-13-11(8-12)4-7-14(18)17-13/h5-6,8,10H,3-4,7,9H2,1-2H3,(H,16,19)(H,17,18). The lowest BCUT2D eigenvalue weighted by Crippen LogP contribution is -2.35. The Morgan fingerprint density at radius 3 is 3.00 bits per heavy atom. The normalized spacial score (nSPS) is 15.0. The Balaban J connectivity index is 1.91. The number of rotatable bonds is 5. The van der Waals surface area contributed by atoms with E-state index in [-0.39, 0.29) is 24.5 Å². The van der Waals surface area contributed by atoms with E-state index < -0.39 is 0 Å². The van der Waals surface area contributed by atoms with Crippen molar-refractivity contribution in [1.82, 2.24) is 5.32 Å². The van der Waals surface area contributed by atoms with E-state index in [0.29, 0.717) is 18.6 Å². The number of carbonyl (C=O) groups is 2. The van der Waals surface area contributed by atoms with Gasteiger partial charge in [0.25, 0.3) is 5.91 Å². The third-order valence-electron chi connectivity index (χ3n) is 3.36. The first-order chi connectivity index (χ1) is 9.58. The highest BCUT2D eigenvalue weighted by Crippen LogP contribution is 2.26. The number of ether oxygens (including phenoxy) is 1. The van der Waals surface area contributed by atoms with Crippen LogP contribution < -0.4 is 15.4 Å². The molecule has 0 saturated carbocycles. The summed E-state index contributed by atoms with van der Waals surface area (Å²) >= 11 is 0. The van der Waals surface area contributed by atoms with Gasteiger partial charge in [-0.3, -0.25) is 9.59 Å². The first-order valence-electron chi connectivity index (χ1n) is 6.93. The predicted molar refractivity (Wildman–Crippen MR) is 76.8 cm³/mol. The van der Waals surface area contributed by atoms with Gasteiger partial charge in [-0.05, 0) is 43.5 Å². The molecule has 1 aromatic carbocycles. The molecule has 108 valence electrons. The van der Waals surface area contributed by atoms with Crippen molar-refractivity contribution in [2.24, 2.45) is 0 Å². The summed E-state index contributed by atoms with van der Waals surface area (Å²) in [5.74, 6) is 0.573. The Morgan fingerprint density at radius 2 is 2.25 bits per heavy atom. The first-order valence-corrected chi connectivity index (χ1v) is 6.93. The molecule has 1 heterocycles. The Hall–Kier alpha value is -2.04. The molecule has 2 rings (SSSR count). The maximum Gasteiger partial charge on any atom is 0.258 e. The minimum atomic E-state index is -0.120. The van der Waals surface area contributed by atoms with Crippen LogP contribution in [-0.4, -0.2) is 24.5 Å². The van der Waals surface area contributed by atoms with E-state index in [1.54, 1.807) is 6.07 Å². The predicted octanol–water partition coefficient (Wildman–Crippen LogP) is 1.86. The van der Waals surface area contributed by atoms with Gasteiger partial charge in [-0.1, -0.05) is 6.92 Å². The minimum absolute atomic E-state index is 0.00941. The van der Waals surface area contributed by atoms with Crippen molar-refractivity contribution in [2.75, 3.05) is 11.9 Å². The molecule has 0 saturated heterocycles. The molecule has 0 fully saturated rings. The molecule has 20 heavy (non-hydrogen) atoms. The fourth-order valence-electron chi connectivity index (χ4n) is 2.02. The number of carbonyl (C=O) groups excluding carboxylic acids is 2. The zero-order valence-electron chi connectivity index (χ0n) is 11.9. The summed E-state index contributed by atoms with van der Waals surface area (Å²) in [6, 6.07) is 5.62. The molecule has 1 aliphatic heterocycles. The maximum atomic E-state index is 11.6. The number of nitrogens with one attached hydrogen (secondary N) is 2. The van der Waals surface area contributed by atoms with Crippen LogP contribution in [0.15, 0.2) is 18.2 Å². The van der Waals surface area contributed by atoms with Gasteiger partial charge >= 0.3 is 0 Å². The van der Waals surface area contributed by atoms with Crippen molar-refractivity contribution >= 4 is 17.5 Å². The molecule has 5 nitrogen and oxygen atoms in total. The number of hydrogen-bond acceptors (Lipinski definition) is 3. The lowest BCUT2D eigenvalue weighted by atomic mass is 10.0. The Labute approximate surface area is 118 Å². The van der Waals surface area contributed by atoms with E-state index in [0.717, 1.165) is 17.7 Å². The summed E-state index contributed by atoms with van der Waals surface area (Å²) in [5, 5.41) is 5.66. The largest absolute Gasteiger partial charge is 0.484 e. The van der Waals surface area contributed by atoms with Gasteiger partial charge in [0.1, 0.15) is 5.75 Å². The Kier molecular flexibility index (Phi) is 4.61. The van der Waals surface area contributed by atoms with Gasteiger partial charge in [-0.2, -0.15) is 0 Å². The van der Waals surface area contributed by atoms with Crippen LogP contribution in [0.1, 0.15) is 32.3 Å². The third-order valence-corrected chi connectivity index (χ3v) is 3.36. The maximum absolute atomic E-state index is 11.6. The fraction of sp³-hybridized carbons (Fsp3) is 0.467. The molecule has 0 spiro atoms. The monoisotopic (exact) mass is 276 g/mol. The molecule has 5 heteroatoms. The van der Waals surface area contributed by atoms with Crippen LogP contribution in [0.2, 0.25) is 0 Å². The molecule has 2 N–H and O–H groups in total. The molecule has 1 unspecified atom stereocenters. The molecule has 1 aliphatic rings. The van der Waals surface area contributed by atoms with E-state index in [9.17, 15) is 9.59 Å². The van der Waals surface area contributed by atoms with Crippen LogP contribution in [0.25, 0.3) is 0 Å². The van der Waals surface area contributed by atoms with Crippen molar-refractivity contribution in [3.8, 4) is 5.75 Å². The first kappa shape index (κ1) is 14.4. The topological polar surface area (TPSA) is 67.4 Å². The van der Waals surface area contributed by atoms with Crippen LogP contribution in [0.4, 0.5) is 5.69 Å². The number of anilines is 1. The molecular formula is C15H20N2O3. The summed E-state index contributed by atoms with van der Waals surface area (Å²) in [6.07, 6.45) is 2.09. The van der Waals surface area contributed by atoms with Crippen molar-refractivity contribution < 1.29 is 14.3 Å². The van der Waals surface area contributed by atoms with E-state index in [1.165, 1.54) is 0 Å². The zero-order valence-corrected chi connectivity index (χ0v) is 11.9. The van der Waals surface area contributed by atoms with Crippen molar-refractivity contribution in [3.63, 3.8) is 0 Å². The van der Waals surface area contributed by atoms with Crippen LogP contribution in [0.3, 0.4) is 0 Å². The summed E-state index contributed by atoms with van der Waals surface area (Å²) in [4.78, 5) is 22.9. The highest BCUT2D eigenvalue weighted by atomic mass is 16.5. The molecule has 0 aromatic heterocycles. The van der Waals surface area contributed by atoms with Gasteiger partial charge in [0.15, 0.2) is 6.61 Å². The van der Waals surface area contributed by atoms with E-state index in [4.69, 9.17) is 4.74 Å². The fourth-order valence-corrected chi connectivity index (χ4v) is 2.02. The summed E-state index contributed by atoms with van der Waals surface area (Å²) < 4.78 is 5.48. The van der Waals surface area contributed by atoms with Crippen LogP contribution in [-0.2, 0) is 16.0 Å². The highest BCUT2D eigenvalue weighted by molar-refractivity contribution is 5.94. The minimum Gasteiger partial charge on any atom is -0.484 e. The zero-order chi connectivity index (χ0) is 14.5. The van der Waals surface area contributed by atoms with Gasteiger partial charge in [0.05, 0.1) is 0 Å². The van der Waals surface area contributed by atoms with Gasteiger partial charge in [0, 0.05) is 18.2 Å².